The number of anilines is 1. The van der Waals surface area contributed by atoms with Crippen molar-refractivity contribution >= 4 is 16.6 Å². The highest BCUT2D eigenvalue weighted by atomic mass is 16.5. The molecule has 0 bridgehead atoms. The number of benzene rings is 1. The van der Waals surface area contributed by atoms with Gasteiger partial charge in [-0.1, -0.05) is 13.3 Å². The molecule has 2 fully saturated rings. The minimum Gasteiger partial charge on any atom is -0.370 e. The number of aromatic nitrogens is 1. The van der Waals surface area contributed by atoms with E-state index < -0.39 is 0 Å². The van der Waals surface area contributed by atoms with Crippen LogP contribution in [0.5, 0.6) is 0 Å². The van der Waals surface area contributed by atoms with Crippen molar-refractivity contribution < 1.29 is 4.74 Å². The lowest BCUT2D eigenvalue weighted by Crippen LogP contribution is -2.53. The van der Waals surface area contributed by atoms with E-state index in [1.54, 1.807) is 6.20 Å². The fourth-order valence-electron chi connectivity index (χ4n) is 4.89. The lowest BCUT2D eigenvalue weighted by molar-refractivity contribution is -0.0423. The summed E-state index contributed by atoms with van der Waals surface area (Å²) in [5.74, 6) is 0. The predicted molar refractivity (Wildman–Crippen MR) is 113 cm³/mol. The van der Waals surface area contributed by atoms with Gasteiger partial charge in [-0.3, -0.25) is 9.88 Å². The molecule has 0 aliphatic carbocycles. The molecular formula is C23H30N4O. The van der Waals surface area contributed by atoms with Crippen molar-refractivity contribution in [3.05, 3.63) is 36.0 Å². The molecule has 0 N–H and O–H groups in total. The maximum absolute atomic E-state index is 9.42. The highest BCUT2D eigenvalue weighted by molar-refractivity contribution is 5.95. The first kappa shape index (κ1) is 19.2. The molecule has 28 heavy (non-hydrogen) atoms. The normalized spacial score (nSPS) is 26.3. The van der Waals surface area contributed by atoms with E-state index in [1.165, 1.54) is 32.2 Å². The molecule has 1 unspecified atom stereocenters. The van der Waals surface area contributed by atoms with Gasteiger partial charge in [0.05, 0.1) is 23.3 Å². The fraction of sp³-hybridized carbons (Fsp3) is 0.565. The van der Waals surface area contributed by atoms with Gasteiger partial charge in [0.15, 0.2) is 0 Å². The van der Waals surface area contributed by atoms with E-state index in [-0.39, 0.29) is 12.2 Å². The third kappa shape index (κ3) is 3.85. The largest absolute Gasteiger partial charge is 0.370 e. The zero-order valence-electron chi connectivity index (χ0n) is 17.0. The fourth-order valence-corrected chi connectivity index (χ4v) is 4.89. The van der Waals surface area contributed by atoms with Crippen molar-refractivity contribution in [3.63, 3.8) is 0 Å². The lowest BCUT2D eigenvalue weighted by Gasteiger charge is -2.43. The Bertz CT molecular complexity index is 861. The molecule has 0 saturated carbocycles. The molecule has 0 amide bonds. The van der Waals surface area contributed by atoms with E-state index in [0.717, 1.165) is 36.2 Å². The van der Waals surface area contributed by atoms with Crippen LogP contribution in [0.15, 0.2) is 30.5 Å². The van der Waals surface area contributed by atoms with Gasteiger partial charge in [0.25, 0.3) is 0 Å². The van der Waals surface area contributed by atoms with Crippen LogP contribution in [-0.2, 0) is 4.74 Å². The zero-order chi connectivity index (χ0) is 19.5. The highest BCUT2D eigenvalue weighted by Crippen LogP contribution is 2.31. The van der Waals surface area contributed by atoms with Crippen LogP contribution in [0.2, 0.25) is 0 Å². The molecule has 2 aliphatic rings. The van der Waals surface area contributed by atoms with Gasteiger partial charge in [-0.2, -0.15) is 5.26 Å². The van der Waals surface area contributed by atoms with E-state index in [2.05, 4.69) is 46.8 Å². The van der Waals surface area contributed by atoms with Crippen molar-refractivity contribution in [3.8, 4) is 6.07 Å². The lowest BCUT2D eigenvalue weighted by atomic mass is 9.99. The molecule has 5 nitrogen and oxygen atoms in total. The first-order valence-electron chi connectivity index (χ1n) is 10.6. The molecule has 3 heterocycles. The molecule has 2 aromatic rings. The number of nitriles is 1. The Morgan fingerprint density at radius 3 is 2.96 bits per heavy atom. The molecule has 148 valence electrons. The second-order valence-corrected chi connectivity index (χ2v) is 8.17. The molecule has 5 heteroatoms. The van der Waals surface area contributed by atoms with Crippen molar-refractivity contribution in [2.45, 2.75) is 57.8 Å². The molecule has 0 radical (unpaired) electrons. The number of hydrogen-bond acceptors (Lipinski definition) is 5. The number of morpholine rings is 1. The Labute approximate surface area is 167 Å². The Hall–Kier alpha value is -2.16. The Kier molecular flexibility index (Phi) is 5.79. The molecule has 0 spiro atoms. The van der Waals surface area contributed by atoms with E-state index in [1.807, 2.05) is 12.1 Å². The van der Waals surface area contributed by atoms with Gasteiger partial charge in [0.1, 0.15) is 6.07 Å². The molecule has 2 saturated heterocycles. The summed E-state index contributed by atoms with van der Waals surface area (Å²) in [6.07, 6.45) is 7.34. The van der Waals surface area contributed by atoms with E-state index in [9.17, 15) is 5.26 Å². The third-order valence-electron chi connectivity index (χ3n) is 6.19. The van der Waals surface area contributed by atoms with Crippen LogP contribution in [-0.4, -0.2) is 54.3 Å². The average molecular weight is 379 g/mol. The molecule has 4 rings (SSSR count). The summed E-state index contributed by atoms with van der Waals surface area (Å²) in [5, 5.41) is 10.5. The summed E-state index contributed by atoms with van der Waals surface area (Å²) < 4.78 is 6.34. The quantitative estimate of drug-likeness (QED) is 0.806. The third-order valence-corrected chi connectivity index (χ3v) is 6.19. The van der Waals surface area contributed by atoms with Crippen LogP contribution in [0.1, 0.15) is 45.1 Å². The standard InChI is InChI=1S/C23H30N4O/c1-3-19-7-4-5-12-26(19)15-20-16-27(14-17(2)28-20)22-10-9-18(13-24)23-21(22)8-6-11-25-23/h6,8-11,17,19-20H,3-5,7,12,14-16H2,1-2H3/t17-,19?,20+/m1/s1. The summed E-state index contributed by atoms with van der Waals surface area (Å²) in [6.45, 7) is 8.41. The Morgan fingerprint density at radius 1 is 1.25 bits per heavy atom. The van der Waals surface area contributed by atoms with Crippen LogP contribution < -0.4 is 4.90 Å². The number of fused-ring (bicyclic) bond motifs is 1. The van der Waals surface area contributed by atoms with Crippen molar-refractivity contribution in [1.29, 1.82) is 5.26 Å². The number of pyridine rings is 1. The Morgan fingerprint density at radius 2 is 2.14 bits per heavy atom. The molecule has 1 aromatic heterocycles. The number of ether oxygens (including phenoxy) is 1. The summed E-state index contributed by atoms with van der Waals surface area (Å²) in [6, 6.07) is 11.0. The van der Waals surface area contributed by atoms with Crippen LogP contribution in [0.25, 0.3) is 10.9 Å². The maximum atomic E-state index is 9.42. The summed E-state index contributed by atoms with van der Waals surface area (Å²) in [7, 11) is 0. The van der Waals surface area contributed by atoms with Crippen LogP contribution >= 0.6 is 0 Å². The van der Waals surface area contributed by atoms with E-state index >= 15 is 0 Å². The second-order valence-electron chi connectivity index (χ2n) is 8.17. The highest BCUT2D eigenvalue weighted by Gasteiger charge is 2.30. The summed E-state index contributed by atoms with van der Waals surface area (Å²) >= 11 is 0. The number of nitrogens with zero attached hydrogens (tertiary/aromatic N) is 4. The summed E-state index contributed by atoms with van der Waals surface area (Å²) in [4.78, 5) is 9.54. The average Bonchev–Trinajstić information content (AvgIpc) is 2.73. The van der Waals surface area contributed by atoms with E-state index in [0.29, 0.717) is 11.6 Å². The van der Waals surface area contributed by atoms with Crippen molar-refractivity contribution in [2.75, 3.05) is 31.1 Å². The number of likely N-dealkylation sites (tertiary alicyclic amines) is 1. The SMILES string of the molecule is CCC1CCCCN1C[C@H]1CN(c2ccc(C#N)c3ncccc23)C[C@@H](C)O1. The van der Waals surface area contributed by atoms with Crippen LogP contribution in [0, 0.1) is 11.3 Å². The number of rotatable bonds is 4. The van der Waals surface area contributed by atoms with Crippen molar-refractivity contribution in [2.24, 2.45) is 0 Å². The predicted octanol–water partition coefficient (Wildman–Crippen LogP) is 3.96. The van der Waals surface area contributed by atoms with Crippen LogP contribution in [0.4, 0.5) is 5.69 Å². The first-order chi connectivity index (χ1) is 13.7. The van der Waals surface area contributed by atoms with Gasteiger partial charge in [0, 0.05) is 42.9 Å². The number of piperidine rings is 1. The minimum atomic E-state index is 0.186. The molecular weight excluding hydrogens is 348 g/mol. The first-order valence-corrected chi connectivity index (χ1v) is 10.6. The van der Waals surface area contributed by atoms with Gasteiger partial charge < -0.3 is 9.64 Å². The topological polar surface area (TPSA) is 52.4 Å². The Balaban J connectivity index is 1.57. The second kappa shape index (κ2) is 8.46. The van der Waals surface area contributed by atoms with Gasteiger partial charge in [-0.15, -0.1) is 0 Å². The molecule has 1 aromatic carbocycles. The number of hydrogen-bond donors (Lipinski definition) is 0. The van der Waals surface area contributed by atoms with Crippen molar-refractivity contribution in [1.82, 2.24) is 9.88 Å². The monoisotopic (exact) mass is 378 g/mol. The van der Waals surface area contributed by atoms with Gasteiger partial charge in [0.2, 0.25) is 0 Å². The minimum absolute atomic E-state index is 0.186. The summed E-state index contributed by atoms with van der Waals surface area (Å²) in [5.41, 5.74) is 2.59. The smallest absolute Gasteiger partial charge is 0.101 e. The molecule has 3 atom stereocenters. The maximum Gasteiger partial charge on any atom is 0.101 e. The van der Waals surface area contributed by atoms with Gasteiger partial charge >= 0.3 is 0 Å². The van der Waals surface area contributed by atoms with Gasteiger partial charge in [-0.05, 0) is 57.0 Å². The van der Waals surface area contributed by atoms with Crippen LogP contribution in [0.3, 0.4) is 0 Å². The molecule has 2 aliphatic heterocycles. The van der Waals surface area contributed by atoms with Gasteiger partial charge in [-0.25, -0.2) is 0 Å². The zero-order valence-corrected chi connectivity index (χ0v) is 17.0. The van der Waals surface area contributed by atoms with E-state index in [4.69, 9.17) is 4.74 Å².